The largest absolute Gasteiger partial charge is 0.439 e. The van der Waals surface area contributed by atoms with Crippen LogP contribution in [-0.4, -0.2) is 14.9 Å². The van der Waals surface area contributed by atoms with Crippen LogP contribution in [0.4, 0.5) is 5.69 Å². The molecule has 0 spiro atoms. The van der Waals surface area contributed by atoms with Crippen molar-refractivity contribution in [1.82, 2.24) is 9.97 Å². The summed E-state index contributed by atoms with van der Waals surface area (Å²) in [6.07, 6.45) is 1.76. The molecule has 0 aliphatic heterocycles. The minimum atomic E-state index is -0.463. The Morgan fingerprint density at radius 1 is 1.18 bits per heavy atom. The van der Waals surface area contributed by atoms with Crippen molar-refractivity contribution >= 4 is 17.0 Å². The molecule has 1 aromatic carbocycles. The normalized spacial score (nSPS) is 10.4. The minimum Gasteiger partial charge on any atom is -0.439 e. The summed E-state index contributed by atoms with van der Waals surface area (Å²) in [4.78, 5) is 18.6. The van der Waals surface area contributed by atoms with Gasteiger partial charge in [0.25, 0.3) is 5.69 Å². The van der Waals surface area contributed by atoms with Crippen molar-refractivity contribution in [1.29, 1.82) is 0 Å². The summed E-state index contributed by atoms with van der Waals surface area (Å²) < 4.78 is 5.62. The maximum absolute atomic E-state index is 10.8. The molecular weight excluding hydrogens is 302 g/mol. The van der Waals surface area contributed by atoms with E-state index < -0.39 is 4.92 Å². The third-order valence-electron chi connectivity index (χ3n) is 2.99. The molecule has 0 unspecified atom stereocenters. The lowest BCUT2D eigenvalue weighted by molar-refractivity contribution is -0.385. The highest BCUT2D eigenvalue weighted by Gasteiger charge is 2.12. The average Bonchev–Trinajstić information content (AvgIpc) is 3.02. The Bertz CT molecular complexity index is 801. The lowest BCUT2D eigenvalue weighted by atomic mass is 10.2. The predicted molar refractivity (Wildman–Crippen MR) is 83.3 cm³/mol. The molecule has 0 bridgehead atoms. The number of ether oxygens (including phenoxy) is 1. The van der Waals surface area contributed by atoms with Crippen LogP contribution in [0.1, 0.15) is 5.69 Å². The van der Waals surface area contributed by atoms with Crippen molar-refractivity contribution in [3.8, 4) is 22.2 Å². The van der Waals surface area contributed by atoms with Crippen LogP contribution in [0.3, 0.4) is 0 Å². The molecule has 0 saturated heterocycles. The lowest BCUT2D eigenvalue weighted by Gasteiger charge is -2.06. The van der Waals surface area contributed by atoms with Gasteiger partial charge in [0.15, 0.2) is 0 Å². The zero-order valence-electron chi connectivity index (χ0n) is 11.6. The molecule has 2 aromatic heterocycles. The number of pyridine rings is 1. The summed E-state index contributed by atoms with van der Waals surface area (Å²) in [6.45, 7) is 1.58. The third-order valence-corrected chi connectivity index (χ3v) is 3.81. The van der Waals surface area contributed by atoms with Crippen LogP contribution in [0.2, 0.25) is 0 Å². The number of nitro groups is 1. The van der Waals surface area contributed by atoms with Gasteiger partial charge in [0.05, 0.1) is 4.92 Å². The highest BCUT2D eigenvalue weighted by molar-refractivity contribution is 7.13. The number of rotatable bonds is 4. The van der Waals surface area contributed by atoms with E-state index in [-0.39, 0.29) is 5.69 Å². The van der Waals surface area contributed by atoms with E-state index in [9.17, 15) is 10.1 Å². The second kappa shape index (κ2) is 5.90. The first kappa shape index (κ1) is 14.2. The Labute approximate surface area is 130 Å². The maximum atomic E-state index is 10.8. The molecule has 3 rings (SSSR count). The van der Waals surface area contributed by atoms with Crippen molar-refractivity contribution in [3.63, 3.8) is 0 Å². The number of aryl methyl sites for hydroxylation is 1. The first-order chi connectivity index (χ1) is 10.6. The minimum absolute atomic E-state index is 0.0218. The zero-order chi connectivity index (χ0) is 15.5. The molecule has 22 heavy (non-hydrogen) atoms. The Morgan fingerprint density at radius 2 is 1.95 bits per heavy atom. The van der Waals surface area contributed by atoms with Crippen LogP contribution in [0, 0.1) is 17.0 Å². The Morgan fingerprint density at radius 3 is 2.55 bits per heavy atom. The molecule has 7 heteroatoms. The molecule has 0 saturated carbocycles. The second-order valence-electron chi connectivity index (χ2n) is 4.47. The summed E-state index contributed by atoms with van der Waals surface area (Å²) >= 11 is 1.56. The highest BCUT2D eigenvalue weighted by Crippen LogP contribution is 2.27. The van der Waals surface area contributed by atoms with E-state index in [0.717, 1.165) is 10.6 Å². The number of hydrogen-bond acceptors (Lipinski definition) is 6. The number of thiazole rings is 1. The standard InChI is InChI=1S/C15H11N3O3S/c1-10-13(18(19)20)6-7-14(17-10)21-12-4-2-11(3-5-12)15-16-8-9-22-15/h2-9H,1H3. The summed E-state index contributed by atoms with van der Waals surface area (Å²) in [7, 11) is 0. The fourth-order valence-corrected chi connectivity index (χ4v) is 2.58. The molecule has 2 heterocycles. The van der Waals surface area contributed by atoms with E-state index in [2.05, 4.69) is 9.97 Å². The lowest BCUT2D eigenvalue weighted by Crippen LogP contribution is -1.96. The molecule has 0 aliphatic rings. The predicted octanol–water partition coefficient (Wildman–Crippen LogP) is 4.21. The number of nitrogens with zero attached hydrogens (tertiary/aromatic N) is 3. The van der Waals surface area contributed by atoms with E-state index >= 15 is 0 Å². The molecule has 0 fully saturated rings. The Balaban J connectivity index is 1.79. The van der Waals surface area contributed by atoms with Gasteiger partial charge in [-0.25, -0.2) is 9.97 Å². The highest BCUT2D eigenvalue weighted by atomic mass is 32.1. The monoisotopic (exact) mass is 313 g/mol. The van der Waals surface area contributed by atoms with Crippen LogP contribution in [0.25, 0.3) is 10.6 Å². The SMILES string of the molecule is Cc1nc(Oc2ccc(-c3nccs3)cc2)ccc1[N+](=O)[O-]. The van der Waals surface area contributed by atoms with Gasteiger partial charge in [0.2, 0.25) is 5.88 Å². The first-order valence-corrected chi connectivity index (χ1v) is 7.31. The van der Waals surface area contributed by atoms with Gasteiger partial charge < -0.3 is 4.74 Å². The van der Waals surface area contributed by atoms with Gasteiger partial charge in [-0.3, -0.25) is 10.1 Å². The van der Waals surface area contributed by atoms with E-state index in [1.165, 1.54) is 12.1 Å². The fourth-order valence-electron chi connectivity index (χ4n) is 1.93. The van der Waals surface area contributed by atoms with Crippen LogP contribution in [0.5, 0.6) is 11.6 Å². The van der Waals surface area contributed by atoms with Crippen LogP contribution in [-0.2, 0) is 0 Å². The average molecular weight is 313 g/mol. The second-order valence-corrected chi connectivity index (χ2v) is 5.37. The molecule has 110 valence electrons. The van der Waals surface area contributed by atoms with E-state index in [0.29, 0.717) is 17.3 Å². The van der Waals surface area contributed by atoms with Gasteiger partial charge in [-0.15, -0.1) is 11.3 Å². The van der Waals surface area contributed by atoms with Crippen molar-refractivity contribution in [3.05, 3.63) is 63.8 Å². The number of aromatic nitrogens is 2. The smallest absolute Gasteiger partial charge is 0.290 e. The maximum Gasteiger partial charge on any atom is 0.290 e. The number of hydrogen-bond donors (Lipinski definition) is 0. The van der Waals surface area contributed by atoms with E-state index in [1.807, 2.05) is 29.6 Å². The molecule has 0 amide bonds. The van der Waals surface area contributed by atoms with Gasteiger partial charge in [-0.05, 0) is 31.2 Å². The topological polar surface area (TPSA) is 78.2 Å². The summed E-state index contributed by atoms with van der Waals surface area (Å²) in [6, 6.07) is 10.3. The van der Waals surface area contributed by atoms with Crippen molar-refractivity contribution in [2.75, 3.05) is 0 Å². The number of benzene rings is 1. The Kier molecular flexibility index (Phi) is 3.80. The van der Waals surface area contributed by atoms with Crippen molar-refractivity contribution in [2.45, 2.75) is 6.92 Å². The third kappa shape index (κ3) is 2.94. The molecule has 0 aliphatic carbocycles. The van der Waals surface area contributed by atoms with Crippen LogP contribution in [0.15, 0.2) is 48.0 Å². The van der Waals surface area contributed by atoms with Gasteiger partial charge in [0, 0.05) is 29.3 Å². The zero-order valence-corrected chi connectivity index (χ0v) is 12.4. The first-order valence-electron chi connectivity index (χ1n) is 6.43. The fraction of sp³-hybridized carbons (Fsp3) is 0.0667. The summed E-state index contributed by atoms with van der Waals surface area (Å²) in [5, 5.41) is 13.6. The quantitative estimate of drug-likeness (QED) is 0.532. The van der Waals surface area contributed by atoms with Gasteiger partial charge >= 0.3 is 0 Å². The van der Waals surface area contributed by atoms with Crippen molar-refractivity contribution in [2.24, 2.45) is 0 Å². The Hall–Kier alpha value is -2.80. The van der Waals surface area contributed by atoms with Gasteiger partial charge in [-0.2, -0.15) is 0 Å². The molecule has 3 aromatic rings. The van der Waals surface area contributed by atoms with E-state index in [1.54, 1.807) is 24.5 Å². The molecule has 6 nitrogen and oxygen atoms in total. The van der Waals surface area contributed by atoms with Gasteiger partial charge in [0.1, 0.15) is 16.5 Å². The van der Waals surface area contributed by atoms with Crippen LogP contribution >= 0.6 is 11.3 Å². The molecule has 0 N–H and O–H groups in total. The van der Waals surface area contributed by atoms with Crippen molar-refractivity contribution < 1.29 is 9.66 Å². The summed E-state index contributed by atoms with van der Waals surface area (Å²) in [5.74, 6) is 0.936. The molecule has 0 radical (unpaired) electrons. The molecular formula is C15H11N3O3S. The summed E-state index contributed by atoms with van der Waals surface area (Å²) in [5.41, 5.74) is 1.31. The molecule has 0 atom stereocenters. The van der Waals surface area contributed by atoms with Gasteiger partial charge in [-0.1, -0.05) is 0 Å². The van der Waals surface area contributed by atoms with Crippen LogP contribution < -0.4 is 4.74 Å². The van der Waals surface area contributed by atoms with E-state index in [4.69, 9.17) is 4.74 Å².